The lowest BCUT2D eigenvalue weighted by Crippen LogP contribution is -2.49. The summed E-state index contributed by atoms with van der Waals surface area (Å²) in [6.07, 6.45) is 3.65. The van der Waals surface area contributed by atoms with Crippen molar-refractivity contribution in [1.29, 1.82) is 0 Å². The molecule has 1 N–H and O–H groups in total. The zero-order chi connectivity index (χ0) is 14.3. The summed E-state index contributed by atoms with van der Waals surface area (Å²) < 4.78 is 5.70. The summed E-state index contributed by atoms with van der Waals surface area (Å²) >= 11 is 0. The number of hydrogen-bond acceptors (Lipinski definition) is 3. The maximum Gasteiger partial charge on any atom is 0.0521 e. The van der Waals surface area contributed by atoms with E-state index in [0.29, 0.717) is 12.0 Å². The molecule has 0 spiro atoms. The fraction of sp³-hybridized carbons (Fsp3) is 1.00. The second kappa shape index (κ2) is 8.93. The molecule has 114 valence electrons. The smallest absolute Gasteiger partial charge is 0.0521 e. The molecule has 3 nitrogen and oxygen atoms in total. The Balaban J connectivity index is 2.63. The van der Waals surface area contributed by atoms with Gasteiger partial charge in [0.25, 0.3) is 0 Å². The summed E-state index contributed by atoms with van der Waals surface area (Å²) in [5.74, 6) is 1.37. The third kappa shape index (κ3) is 5.41. The van der Waals surface area contributed by atoms with Crippen LogP contribution in [0.4, 0.5) is 0 Å². The largest absolute Gasteiger partial charge is 0.381 e. The molecule has 19 heavy (non-hydrogen) atoms. The topological polar surface area (TPSA) is 24.5 Å². The third-order valence-corrected chi connectivity index (χ3v) is 4.37. The van der Waals surface area contributed by atoms with Crippen LogP contribution < -0.4 is 5.32 Å². The molecule has 2 atom stereocenters. The highest BCUT2D eigenvalue weighted by Crippen LogP contribution is 2.20. The van der Waals surface area contributed by atoms with E-state index in [4.69, 9.17) is 4.74 Å². The van der Waals surface area contributed by atoms with Gasteiger partial charge in [-0.15, -0.1) is 0 Å². The number of nitrogens with zero attached hydrogens (tertiary/aromatic N) is 1. The summed E-state index contributed by atoms with van der Waals surface area (Å²) in [4.78, 5) is 2.70. The molecule has 0 aromatic heterocycles. The van der Waals surface area contributed by atoms with Gasteiger partial charge in [-0.3, -0.25) is 4.90 Å². The number of ether oxygens (including phenoxy) is 1. The van der Waals surface area contributed by atoms with Gasteiger partial charge in [-0.2, -0.15) is 0 Å². The van der Waals surface area contributed by atoms with Gasteiger partial charge in [-0.25, -0.2) is 0 Å². The predicted molar refractivity (Wildman–Crippen MR) is 82.6 cm³/mol. The van der Waals surface area contributed by atoms with E-state index < -0.39 is 0 Å². The Hall–Kier alpha value is -0.120. The monoisotopic (exact) mass is 270 g/mol. The van der Waals surface area contributed by atoms with Gasteiger partial charge < -0.3 is 10.1 Å². The summed E-state index contributed by atoms with van der Waals surface area (Å²) in [5, 5.41) is 3.48. The Morgan fingerprint density at radius 3 is 2.47 bits per heavy atom. The predicted octanol–water partition coefficient (Wildman–Crippen LogP) is 2.76. The maximum atomic E-state index is 5.70. The van der Waals surface area contributed by atoms with Crippen molar-refractivity contribution >= 4 is 0 Å². The summed E-state index contributed by atoms with van der Waals surface area (Å²) in [5.41, 5.74) is 0. The molecule has 1 saturated heterocycles. The molecule has 0 saturated carbocycles. The van der Waals surface area contributed by atoms with Crippen LogP contribution in [0, 0.1) is 11.8 Å². The maximum absolute atomic E-state index is 5.70. The molecule has 1 rings (SSSR count). The minimum atomic E-state index is 0.623. The second-order valence-electron chi connectivity index (χ2n) is 6.34. The summed E-state index contributed by atoms with van der Waals surface area (Å²) in [7, 11) is 2.09. The average molecular weight is 270 g/mol. The zero-order valence-electron chi connectivity index (χ0n) is 13.6. The first-order valence-electron chi connectivity index (χ1n) is 8.11. The highest BCUT2D eigenvalue weighted by atomic mass is 16.5. The van der Waals surface area contributed by atoms with Crippen molar-refractivity contribution in [2.75, 3.05) is 33.4 Å². The van der Waals surface area contributed by atoms with Crippen LogP contribution in [-0.4, -0.2) is 50.3 Å². The molecule has 1 aliphatic rings. The van der Waals surface area contributed by atoms with Gasteiger partial charge in [-0.1, -0.05) is 27.7 Å². The van der Waals surface area contributed by atoms with E-state index in [0.717, 1.165) is 31.6 Å². The lowest BCUT2D eigenvalue weighted by atomic mass is 9.93. The van der Waals surface area contributed by atoms with E-state index in [2.05, 4.69) is 45.0 Å². The fourth-order valence-corrected chi connectivity index (χ4v) is 3.30. The first-order chi connectivity index (χ1) is 9.12. The molecule has 1 fully saturated rings. The van der Waals surface area contributed by atoms with Gasteiger partial charge in [0.1, 0.15) is 0 Å². The van der Waals surface area contributed by atoms with Crippen LogP contribution in [0.15, 0.2) is 0 Å². The van der Waals surface area contributed by atoms with Crippen molar-refractivity contribution in [3.63, 3.8) is 0 Å². The Labute approximate surface area is 120 Å². The molecule has 0 aromatic carbocycles. The highest BCUT2D eigenvalue weighted by molar-refractivity contribution is 4.83. The number of hydrogen-bond donors (Lipinski definition) is 1. The lowest BCUT2D eigenvalue weighted by Gasteiger charge is -2.39. The number of nitrogens with one attached hydrogen (secondary N) is 1. The van der Waals surface area contributed by atoms with Crippen molar-refractivity contribution < 1.29 is 4.74 Å². The minimum Gasteiger partial charge on any atom is -0.381 e. The minimum absolute atomic E-state index is 0.623. The average Bonchev–Trinajstić information content (AvgIpc) is 2.40. The Bertz CT molecular complexity index is 229. The first-order valence-corrected chi connectivity index (χ1v) is 8.11. The zero-order valence-corrected chi connectivity index (χ0v) is 13.6. The molecular weight excluding hydrogens is 236 g/mol. The molecule has 2 unspecified atom stereocenters. The molecule has 1 aliphatic heterocycles. The summed E-state index contributed by atoms with van der Waals surface area (Å²) in [6.45, 7) is 13.5. The van der Waals surface area contributed by atoms with Gasteiger partial charge in [0.05, 0.1) is 6.61 Å². The lowest BCUT2D eigenvalue weighted by molar-refractivity contribution is 0.00861. The molecule has 0 amide bonds. The third-order valence-electron chi connectivity index (χ3n) is 4.37. The van der Waals surface area contributed by atoms with Crippen LogP contribution in [0.3, 0.4) is 0 Å². The van der Waals surface area contributed by atoms with E-state index in [-0.39, 0.29) is 0 Å². The van der Waals surface area contributed by atoms with Crippen molar-refractivity contribution in [2.24, 2.45) is 11.8 Å². The van der Waals surface area contributed by atoms with Crippen LogP contribution in [0.25, 0.3) is 0 Å². The molecule has 3 heteroatoms. The van der Waals surface area contributed by atoms with E-state index >= 15 is 0 Å². The molecule has 0 aromatic rings. The van der Waals surface area contributed by atoms with Gasteiger partial charge in [0.2, 0.25) is 0 Å². The van der Waals surface area contributed by atoms with Crippen molar-refractivity contribution in [3.8, 4) is 0 Å². The van der Waals surface area contributed by atoms with Crippen LogP contribution in [-0.2, 0) is 4.74 Å². The van der Waals surface area contributed by atoms with E-state index in [1.165, 1.54) is 25.9 Å². The quantitative estimate of drug-likeness (QED) is 0.734. The molecule has 0 aliphatic carbocycles. The van der Waals surface area contributed by atoms with Gasteiger partial charge in [-0.05, 0) is 32.2 Å². The highest BCUT2D eigenvalue weighted by Gasteiger charge is 2.28. The van der Waals surface area contributed by atoms with Crippen molar-refractivity contribution in [3.05, 3.63) is 0 Å². The van der Waals surface area contributed by atoms with E-state index in [1.807, 2.05) is 0 Å². The summed E-state index contributed by atoms with van der Waals surface area (Å²) in [6, 6.07) is 1.35. The first kappa shape index (κ1) is 16.9. The SMILES string of the molecule is CCC(CC)N(CC(C)C)CC1COCCC1NC. The second-order valence-corrected chi connectivity index (χ2v) is 6.34. The number of rotatable bonds is 8. The fourth-order valence-electron chi connectivity index (χ4n) is 3.30. The Morgan fingerprint density at radius 1 is 1.26 bits per heavy atom. The Kier molecular flexibility index (Phi) is 7.96. The molecule has 0 radical (unpaired) electrons. The Morgan fingerprint density at radius 2 is 1.95 bits per heavy atom. The normalized spacial score (nSPS) is 24.6. The van der Waals surface area contributed by atoms with Gasteiger partial charge >= 0.3 is 0 Å². The molecular formula is C16H34N2O. The van der Waals surface area contributed by atoms with Crippen LogP contribution in [0.2, 0.25) is 0 Å². The molecule has 0 bridgehead atoms. The van der Waals surface area contributed by atoms with E-state index in [1.54, 1.807) is 0 Å². The van der Waals surface area contributed by atoms with Gasteiger partial charge in [0.15, 0.2) is 0 Å². The van der Waals surface area contributed by atoms with Crippen molar-refractivity contribution in [1.82, 2.24) is 10.2 Å². The standard InChI is InChI=1S/C16H34N2O/c1-6-15(7-2)18(10-13(3)4)11-14-12-19-9-8-16(14)17-5/h13-17H,6-12H2,1-5H3. The van der Waals surface area contributed by atoms with Crippen molar-refractivity contribution in [2.45, 2.75) is 59.0 Å². The molecule has 1 heterocycles. The van der Waals surface area contributed by atoms with Gasteiger partial charge in [0, 0.05) is 37.7 Å². The van der Waals surface area contributed by atoms with Crippen LogP contribution in [0.1, 0.15) is 47.0 Å². The van der Waals surface area contributed by atoms with E-state index in [9.17, 15) is 0 Å². The van der Waals surface area contributed by atoms with Crippen LogP contribution >= 0.6 is 0 Å². The van der Waals surface area contributed by atoms with Crippen LogP contribution in [0.5, 0.6) is 0 Å².